The number of methoxy groups -OCH3 is 1. The average molecular weight is 322 g/mol. The topological polar surface area (TPSA) is 84.5 Å². The SMILES string of the molecule is COC(=O)CCC(=O)NCc1ccc2c(c1)NC(=O)C(C)S2. The van der Waals surface area contributed by atoms with E-state index in [-0.39, 0.29) is 29.9 Å². The molecule has 1 heterocycles. The van der Waals surface area contributed by atoms with E-state index in [1.807, 2.05) is 25.1 Å². The molecular weight excluding hydrogens is 304 g/mol. The molecule has 0 bridgehead atoms. The van der Waals surface area contributed by atoms with Gasteiger partial charge in [0.1, 0.15) is 0 Å². The van der Waals surface area contributed by atoms with E-state index >= 15 is 0 Å². The van der Waals surface area contributed by atoms with Gasteiger partial charge < -0.3 is 15.4 Å². The molecule has 6 nitrogen and oxygen atoms in total. The summed E-state index contributed by atoms with van der Waals surface area (Å²) in [6.07, 6.45) is 0.165. The van der Waals surface area contributed by atoms with Gasteiger partial charge in [-0.05, 0) is 24.6 Å². The Bertz CT molecular complexity index is 603. The molecule has 0 aliphatic carbocycles. The van der Waals surface area contributed by atoms with Crippen molar-refractivity contribution >= 4 is 35.2 Å². The smallest absolute Gasteiger partial charge is 0.306 e. The summed E-state index contributed by atoms with van der Waals surface area (Å²) in [6, 6.07) is 5.70. The molecule has 22 heavy (non-hydrogen) atoms. The lowest BCUT2D eigenvalue weighted by atomic mass is 10.2. The first-order chi connectivity index (χ1) is 10.5. The molecule has 0 aromatic heterocycles. The van der Waals surface area contributed by atoms with Crippen LogP contribution in [0, 0.1) is 0 Å². The van der Waals surface area contributed by atoms with Crippen LogP contribution in [0.25, 0.3) is 0 Å². The van der Waals surface area contributed by atoms with Gasteiger partial charge >= 0.3 is 5.97 Å². The van der Waals surface area contributed by atoms with Gasteiger partial charge in [-0.2, -0.15) is 0 Å². The normalized spacial score (nSPS) is 16.5. The Morgan fingerprint density at radius 2 is 2.14 bits per heavy atom. The molecule has 0 fully saturated rings. The van der Waals surface area contributed by atoms with Gasteiger partial charge in [0.2, 0.25) is 11.8 Å². The van der Waals surface area contributed by atoms with Crippen molar-refractivity contribution in [1.82, 2.24) is 5.32 Å². The summed E-state index contributed by atoms with van der Waals surface area (Å²) >= 11 is 1.52. The second-order valence-electron chi connectivity index (χ2n) is 4.93. The molecule has 0 saturated heterocycles. The van der Waals surface area contributed by atoms with E-state index in [9.17, 15) is 14.4 Å². The molecule has 1 unspecified atom stereocenters. The quantitative estimate of drug-likeness (QED) is 0.806. The highest BCUT2D eigenvalue weighted by Gasteiger charge is 2.22. The Morgan fingerprint density at radius 3 is 2.86 bits per heavy atom. The summed E-state index contributed by atoms with van der Waals surface area (Å²) in [4.78, 5) is 35.3. The molecular formula is C15H18N2O4S. The molecule has 1 aromatic carbocycles. The van der Waals surface area contributed by atoms with Gasteiger partial charge in [-0.1, -0.05) is 6.07 Å². The number of esters is 1. The molecule has 1 aliphatic rings. The first-order valence-electron chi connectivity index (χ1n) is 6.93. The maximum Gasteiger partial charge on any atom is 0.306 e. The monoisotopic (exact) mass is 322 g/mol. The minimum Gasteiger partial charge on any atom is -0.469 e. The second kappa shape index (κ2) is 7.31. The lowest BCUT2D eigenvalue weighted by molar-refractivity contribution is -0.142. The summed E-state index contributed by atoms with van der Waals surface area (Å²) in [5.74, 6) is -0.635. The number of hydrogen-bond donors (Lipinski definition) is 2. The average Bonchev–Trinajstić information content (AvgIpc) is 2.51. The zero-order valence-corrected chi connectivity index (χ0v) is 13.3. The van der Waals surface area contributed by atoms with E-state index in [0.717, 1.165) is 16.1 Å². The molecule has 2 rings (SSSR count). The zero-order valence-electron chi connectivity index (χ0n) is 12.5. The number of carbonyl (C=O) groups is 3. The number of benzene rings is 1. The summed E-state index contributed by atoms with van der Waals surface area (Å²) in [7, 11) is 1.29. The van der Waals surface area contributed by atoms with Gasteiger partial charge in [0.15, 0.2) is 0 Å². The Kier molecular flexibility index (Phi) is 5.43. The van der Waals surface area contributed by atoms with E-state index in [2.05, 4.69) is 15.4 Å². The number of ether oxygens (including phenoxy) is 1. The van der Waals surface area contributed by atoms with Gasteiger partial charge in [-0.25, -0.2) is 0 Å². The lowest BCUT2D eigenvalue weighted by Crippen LogP contribution is -2.27. The second-order valence-corrected chi connectivity index (χ2v) is 6.32. The van der Waals surface area contributed by atoms with Crippen LogP contribution in [0.3, 0.4) is 0 Å². The summed E-state index contributed by atoms with van der Waals surface area (Å²) < 4.78 is 4.48. The summed E-state index contributed by atoms with van der Waals surface area (Å²) in [5.41, 5.74) is 1.66. The van der Waals surface area contributed by atoms with Crippen molar-refractivity contribution in [2.24, 2.45) is 0 Å². The van der Waals surface area contributed by atoms with E-state index < -0.39 is 5.97 Å². The molecule has 2 N–H and O–H groups in total. The number of carbonyl (C=O) groups excluding carboxylic acids is 3. The maximum absolute atomic E-state index is 11.7. The maximum atomic E-state index is 11.7. The Morgan fingerprint density at radius 1 is 1.36 bits per heavy atom. The van der Waals surface area contributed by atoms with Crippen LogP contribution in [0.2, 0.25) is 0 Å². The van der Waals surface area contributed by atoms with Crippen LogP contribution in [0.1, 0.15) is 25.3 Å². The van der Waals surface area contributed by atoms with Gasteiger partial charge in [-0.15, -0.1) is 11.8 Å². The van der Waals surface area contributed by atoms with E-state index in [1.54, 1.807) is 0 Å². The van der Waals surface area contributed by atoms with Crippen molar-refractivity contribution in [3.8, 4) is 0 Å². The number of fused-ring (bicyclic) bond motifs is 1. The third kappa shape index (κ3) is 4.24. The van der Waals surface area contributed by atoms with Crippen LogP contribution in [0.15, 0.2) is 23.1 Å². The summed E-state index contributed by atoms with van der Waals surface area (Å²) in [6.45, 7) is 2.21. The number of nitrogens with one attached hydrogen (secondary N) is 2. The van der Waals surface area contributed by atoms with Gasteiger partial charge in [0.25, 0.3) is 0 Å². The number of rotatable bonds is 5. The number of thioether (sulfide) groups is 1. The molecule has 118 valence electrons. The minimum absolute atomic E-state index is 0.0169. The third-order valence-electron chi connectivity index (χ3n) is 3.25. The van der Waals surface area contributed by atoms with E-state index in [0.29, 0.717) is 6.54 Å². The van der Waals surface area contributed by atoms with E-state index in [4.69, 9.17) is 0 Å². The fourth-order valence-corrected chi connectivity index (χ4v) is 2.90. The van der Waals surface area contributed by atoms with Crippen LogP contribution in [0.4, 0.5) is 5.69 Å². The van der Waals surface area contributed by atoms with Crippen molar-refractivity contribution in [2.45, 2.75) is 36.5 Å². The highest BCUT2D eigenvalue weighted by atomic mass is 32.2. The zero-order chi connectivity index (χ0) is 16.1. The van der Waals surface area contributed by atoms with Crippen molar-refractivity contribution in [1.29, 1.82) is 0 Å². The standard InChI is InChI=1S/C15H18N2O4S/c1-9-15(20)17-11-7-10(3-4-12(11)22-9)8-16-13(18)5-6-14(19)21-2/h3-4,7,9H,5-6,8H2,1-2H3,(H,16,18)(H,17,20). The highest BCUT2D eigenvalue weighted by molar-refractivity contribution is 8.00. The van der Waals surface area contributed by atoms with Crippen molar-refractivity contribution < 1.29 is 19.1 Å². The number of amides is 2. The first-order valence-corrected chi connectivity index (χ1v) is 7.81. The minimum atomic E-state index is -0.405. The molecule has 1 aliphatic heterocycles. The summed E-state index contributed by atoms with van der Waals surface area (Å²) in [5, 5.41) is 5.49. The fourth-order valence-electron chi connectivity index (χ4n) is 1.97. The van der Waals surface area contributed by atoms with Crippen LogP contribution in [-0.4, -0.2) is 30.1 Å². The molecule has 0 radical (unpaired) electrons. The molecule has 2 amide bonds. The van der Waals surface area contributed by atoms with Crippen molar-refractivity contribution in [2.75, 3.05) is 12.4 Å². The van der Waals surface area contributed by atoms with Crippen LogP contribution in [-0.2, 0) is 25.7 Å². The molecule has 0 spiro atoms. The Hall–Kier alpha value is -2.02. The van der Waals surface area contributed by atoms with E-state index in [1.165, 1.54) is 18.9 Å². The molecule has 1 aromatic rings. The molecule has 0 saturated carbocycles. The third-order valence-corrected chi connectivity index (χ3v) is 4.43. The first kappa shape index (κ1) is 16.4. The Balaban J connectivity index is 1.89. The fraction of sp³-hybridized carbons (Fsp3) is 0.400. The highest BCUT2D eigenvalue weighted by Crippen LogP contribution is 2.35. The van der Waals surface area contributed by atoms with Crippen molar-refractivity contribution in [3.63, 3.8) is 0 Å². The van der Waals surface area contributed by atoms with Crippen LogP contribution in [0.5, 0.6) is 0 Å². The molecule has 7 heteroatoms. The predicted octanol–water partition coefficient (Wildman–Crippen LogP) is 1.69. The predicted molar refractivity (Wildman–Crippen MR) is 83.5 cm³/mol. The Labute approximate surface area is 133 Å². The van der Waals surface area contributed by atoms with Gasteiger partial charge in [-0.3, -0.25) is 14.4 Å². The molecule has 1 atom stereocenters. The van der Waals surface area contributed by atoms with Gasteiger partial charge in [0.05, 0.1) is 24.5 Å². The largest absolute Gasteiger partial charge is 0.469 e. The number of anilines is 1. The van der Waals surface area contributed by atoms with Crippen LogP contribution < -0.4 is 10.6 Å². The van der Waals surface area contributed by atoms with Crippen LogP contribution >= 0.6 is 11.8 Å². The van der Waals surface area contributed by atoms with Gasteiger partial charge in [0, 0.05) is 17.9 Å². The van der Waals surface area contributed by atoms with Crippen molar-refractivity contribution in [3.05, 3.63) is 23.8 Å². The lowest BCUT2D eigenvalue weighted by Gasteiger charge is -2.21. The number of hydrogen-bond acceptors (Lipinski definition) is 5.